The predicted octanol–water partition coefficient (Wildman–Crippen LogP) is 4.86. The number of piperidine rings is 1. The SMILES string of the molecule is COc1cc(N2CCC(Nc3ncc4c(n3)N(C)C(c3cc(C)ccc3C(F)(F)F)CO4)CC2)ccn1. The van der Waals surface area contributed by atoms with Gasteiger partial charge in [0.15, 0.2) is 11.6 Å². The van der Waals surface area contributed by atoms with Crippen LogP contribution in [0.25, 0.3) is 0 Å². The molecule has 1 saturated heterocycles. The van der Waals surface area contributed by atoms with Crippen molar-refractivity contribution >= 4 is 17.5 Å². The van der Waals surface area contributed by atoms with Crippen molar-refractivity contribution in [1.29, 1.82) is 0 Å². The molecule has 1 fully saturated rings. The number of benzene rings is 1. The van der Waals surface area contributed by atoms with E-state index in [9.17, 15) is 13.2 Å². The molecule has 196 valence electrons. The fourth-order valence-corrected chi connectivity index (χ4v) is 4.90. The van der Waals surface area contributed by atoms with Gasteiger partial charge in [0.1, 0.15) is 6.61 Å². The van der Waals surface area contributed by atoms with Gasteiger partial charge in [0, 0.05) is 44.1 Å². The van der Waals surface area contributed by atoms with E-state index in [0.29, 0.717) is 23.4 Å². The second-order valence-corrected chi connectivity index (χ2v) is 9.37. The quantitative estimate of drug-likeness (QED) is 0.518. The summed E-state index contributed by atoms with van der Waals surface area (Å²) >= 11 is 0. The maximum absolute atomic E-state index is 13.7. The van der Waals surface area contributed by atoms with Gasteiger partial charge in [-0.3, -0.25) is 0 Å². The van der Waals surface area contributed by atoms with Crippen molar-refractivity contribution in [1.82, 2.24) is 15.0 Å². The molecule has 5 rings (SSSR count). The largest absolute Gasteiger partial charge is 0.486 e. The number of methoxy groups -OCH3 is 1. The zero-order chi connectivity index (χ0) is 26.2. The number of likely N-dealkylation sites (N-methyl/N-ethyl adjacent to an activating group) is 1. The first-order chi connectivity index (χ1) is 17.7. The van der Waals surface area contributed by atoms with Crippen LogP contribution in [0.5, 0.6) is 11.6 Å². The Kier molecular flexibility index (Phi) is 6.70. The van der Waals surface area contributed by atoms with E-state index in [0.717, 1.165) is 43.2 Å². The molecule has 3 aromatic rings. The number of halogens is 3. The maximum atomic E-state index is 13.7. The Hall–Kier alpha value is -3.76. The van der Waals surface area contributed by atoms with Crippen molar-refractivity contribution in [2.45, 2.75) is 38.0 Å². The number of ether oxygens (including phenoxy) is 2. The van der Waals surface area contributed by atoms with Crippen molar-refractivity contribution in [2.75, 3.05) is 49.0 Å². The van der Waals surface area contributed by atoms with Crippen LogP contribution in [0.3, 0.4) is 0 Å². The Balaban J connectivity index is 1.30. The molecule has 11 heteroatoms. The van der Waals surface area contributed by atoms with Crippen molar-refractivity contribution in [3.05, 3.63) is 59.4 Å². The monoisotopic (exact) mass is 514 g/mol. The molecule has 2 aliphatic rings. The molecule has 1 aromatic carbocycles. The van der Waals surface area contributed by atoms with Gasteiger partial charge in [-0.25, -0.2) is 9.97 Å². The van der Waals surface area contributed by atoms with E-state index in [2.05, 4.69) is 25.2 Å². The third kappa shape index (κ3) is 5.21. The van der Waals surface area contributed by atoms with E-state index in [1.165, 1.54) is 6.07 Å². The van der Waals surface area contributed by atoms with Crippen molar-refractivity contribution in [3.63, 3.8) is 0 Å². The highest BCUT2D eigenvalue weighted by Crippen LogP contribution is 2.42. The molecule has 0 aliphatic carbocycles. The molecular formula is C26H29F3N6O2. The highest BCUT2D eigenvalue weighted by molar-refractivity contribution is 5.58. The van der Waals surface area contributed by atoms with Gasteiger partial charge in [-0.15, -0.1) is 0 Å². The molecule has 0 spiro atoms. The number of anilines is 3. The highest BCUT2D eigenvalue weighted by Gasteiger charge is 2.38. The average molecular weight is 515 g/mol. The Morgan fingerprint density at radius 1 is 1.11 bits per heavy atom. The number of hydrogen-bond acceptors (Lipinski definition) is 8. The fourth-order valence-electron chi connectivity index (χ4n) is 4.90. The summed E-state index contributed by atoms with van der Waals surface area (Å²) in [5.74, 6) is 1.92. The third-order valence-electron chi connectivity index (χ3n) is 6.93. The van der Waals surface area contributed by atoms with E-state index < -0.39 is 17.8 Å². The Morgan fingerprint density at radius 2 is 1.89 bits per heavy atom. The molecule has 37 heavy (non-hydrogen) atoms. The average Bonchev–Trinajstić information content (AvgIpc) is 2.89. The highest BCUT2D eigenvalue weighted by atomic mass is 19.4. The Labute approximate surface area is 213 Å². The number of aromatic nitrogens is 3. The fraction of sp³-hybridized carbons (Fsp3) is 0.423. The van der Waals surface area contributed by atoms with E-state index >= 15 is 0 Å². The molecule has 0 bridgehead atoms. The van der Waals surface area contributed by atoms with Crippen LogP contribution < -0.4 is 24.6 Å². The number of nitrogens with zero attached hydrogens (tertiary/aromatic N) is 5. The summed E-state index contributed by atoms with van der Waals surface area (Å²) in [6.45, 7) is 3.54. The third-order valence-corrected chi connectivity index (χ3v) is 6.93. The minimum absolute atomic E-state index is 0.0738. The molecule has 1 atom stereocenters. The second kappa shape index (κ2) is 9.95. The van der Waals surface area contributed by atoms with Gasteiger partial charge in [0.25, 0.3) is 0 Å². The van der Waals surface area contributed by atoms with Gasteiger partial charge < -0.3 is 24.6 Å². The first-order valence-electron chi connectivity index (χ1n) is 12.1. The van der Waals surface area contributed by atoms with Gasteiger partial charge in [-0.05, 0) is 37.5 Å². The smallest absolute Gasteiger partial charge is 0.416 e. The lowest BCUT2D eigenvalue weighted by Gasteiger charge is -2.37. The molecule has 1 unspecified atom stereocenters. The van der Waals surface area contributed by atoms with Crippen LogP contribution in [0.4, 0.5) is 30.6 Å². The number of aryl methyl sites for hydroxylation is 1. The molecule has 4 heterocycles. The number of nitrogens with one attached hydrogen (secondary N) is 1. The topological polar surface area (TPSA) is 75.6 Å². The van der Waals surface area contributed by atoms with E-state index in [1.807, 2.05) is 12.1 Å². The molecule has 0 saturated carbocycles. The molecule has 0 amide bonds. The lowest BCUT2D eigenvalue weighted by Crippen LogP contribution is -2.39. The standard InChI is InChI=1S/C26H29F3N6O2/c1-16-4-5-20(26(27,28)29)19(12-16)21-15-37-22-14-31-25(33-24(22)34(21)2)32-17-7-10-35(11-8-17)18-6-9-30-23(13-18)36-3/h4-6,9,12-14,17,21H,7-8,10-11,15H2,1-3H3,(H,31,32,33). The minimum atomic E-state index is -4.46. The summed E-state index contributed by atoms with van der Waals surface area (Å²) in [6, 6.07) is 7.60. The van der Waals surface area contributed by atoms with Gasteiger partial charge in [-0.1, -0.05) is 17.7 Å². The van der Waals surface area contributed by atoms with Crippen molar-refractivity contribution in [2.24, 2.45) is 0 Å². The van der Waals surface area contributed by atoms with Crippen LogP contribution >= 0.6 is 0 Å². The lowest BCUT2D eigenvalue weighted by molar-refractivity contribution is -0.138. The molecular weight excluding hydrogens is 485 g/mol. The molecule has 1 N–H and O–H groups in total. The summed E-state index contributed by atoms with van der Waals surface area (Å²) in [4.78, 5) is 17.2. The van der Waals surface area contributed by atoms with Crippen LogP contribution in [-0.2, 0) is 6.18 Å². The maximum Gasteiger partial charge on any atom is 0.416 e. The molecule has 0 radical (unpaired) electrons. The van der Waals surface area contributed by atoms with Crippen molar-refractivity contribution < 1.29 is 22.6 Å². The normalized spacial score (nSPS) is 18.3. The predicted molar refractivity (Wildman–Crippen MR) is 134 cm³/mol. The number of pyridine rings is 1. The lowest BCUT2D eigenvalue weighted by atomic mass is 9.96. The first kappa shape index (κ1) is 24.9. The number of rotatable bonds is 5. The Morgan fingerprint density at radius 3 is 2.62 bits per heavy atom. The van der Waals surface area contributed by atoms with Gasteiger partial charge in [0.05, 0.1) is 24.9 Å². The zero-order valence-electron chi connectivity index (χ0n) is 20.9. The Bertz CT molecular complexity index is 1260. The summed E-state index contributed by atoms with van der Waals surface area (Å²) in [5.41, 5.74) is 1.33. The number of fused-ring (bicyclic) bond motifs is 1. The summed E-state index contributed by atoms with van der Waals surface area (Å²) in [6.07, 6.45) is 0.603. The van der Waals surface area contributed by atoms with Gasteiger partial charge >= 0.3 is 6.18 Å². The number of alkyl halides is 3. The first-order valence-corrected chi connectivity index (χ1v) is 12.1. The molecule has 2 aliphatic heterocycles. The summed E-state index contributed by atoms with van der Waals surface area (Å²) in [7, 11) is 3.34. The zero-order valence-corrected chi connectivity index (χ0v) is 20.9. The second-order valence-electron chi connectivity index (χ2n) is 9.37. The van der Waals surface area contributed by atoms with Crippen LogP contribution in [0.1, 0.15) is 35.6 Å². The number of hydrogen-bond donors (Lipinski definition) is 1. The molecule has 8 nitrogen and oxygen atoms in total. The van der Waals surface area contributed by atoms with E-state index in [-0.39, 0.29) is 18.2 Å². The van der Waals surface area contributed by atoms with E-state index in [1.54, 1.807) is 44.4 Å². The summed E-state index contributed by atoms with van der Waals surface area (Å²) < 4.78 is 52.3. The molecule has 2 aromatic heterocycles. The van der Waals surface area contributed by atoms with Gasteiger partial charge in [0.2, 0.25) is 11.8 Å². The van der Waals surface area contributed by atoms with E-state index in [4.69, 9.17) is 9.47 Å². The summed E-state index contributed by atoms with van der Waals surface area (Å²) in [5, 5.41) is 3.40. The van der Waals surface area contributed by atoms with Crippen LogP contribution in [0.15, 0.2) is 42.7 Å². The minimum Gasteiger partial charge on any atom is -0.486 e. The van der Waals surface area contributed by atoms with Crippen LogP contribution in [0.2, 0.25) is 0 Å². The van der Waals surface area contributed by atoms with Crippen LogP contribution in [-0.4, -0.2) is 54.8 Å². The van der Waals surface area contributed by atoms with Gasteiger partial charge in [-0.2, -0.15) is 18.2 Å². The van der Waals surface area contributed by atoms with Crippen LogP contribution in [0, 0.1) is 6.92 Å². The van der Waals surface area contributed by atoms with Crippen molar-refractivity contribution in [3.8, 4) is 11.6 Å².